The quantitative estimate of drug-likeness (QED) is 0.0787. The van der Waals surface area contributed by atoms with Crippen molar-refractivity contribution in [2.75, 3.05) is 0 Å². The average molecular weight is 971 g/mol. The molecule has 2 saturated heterocycles. The normalized spacial score (nSPS) is 23.8. The van der Waals surface area contributed by atoms with Crippen LogP contribution in [0.4, 0.5) is 9.59 Å². The highest BCUT2D eigenvalue weighted by molar-refractivity contribution is 5.89. The molecular formula is C58H70N10O4. The topological polar surface area (TPSA) is 208 Å². The number of nitrogens with two attached hydrogens (primary N) is 2. The van der Waals surface area contributed by atoms with E-state index in [1.54, 1.807) is 0 Å². The lowest BCUT2D eigenvalue weighted by Gasteiger charge is -2.36. The Hall–Kier alpha value is -6.70. The summed E-state index contributed by atoms with van der Waals surface area (Å²) in [5.74, 6) is 2.01. The number of aromatic amines is 2. The molecule has 8 aliphatic rings. The maximum atomic E-state index is 14.4. The van der Waals surface area contributed by atoms with Gasteiger partial charge < -0.3 is 41.9 Å². The van der Waals surface area contributed by atoms with Gasteiger partial charge in [-0.2, -0.15) is 0 Å². The van der Waals surface area contributed by atoms with Crippen molar-refractivity contribution < 1.29 is 19.2 Å². The number of hydrogen-bond acceptors (Lipinski definition) is 6. The van der Waals surface area contributed by atoms with E-state index in [1.165, 1.54) is 33.4 Å². The number of fused-ring (bicyclic) bond motifs is 4. The fourth-order valence-corrected chi connectivity index (χ4v) is 13.5. The van der Waals surface area contributed by atoms with E-state index >= 15 is 0 Å². The number of primary amides is 2. The van der Waals surface area contributed by atoms with Gasteiger partial charge in [-0.05, 0) is 157 Å². The predicted molar refractivity (Wildman–Crippen MR) is 280 cm³/mol. The molecule has 14 rings (SSSR count). The first-order chi connectivity index (χ1) is 34.8. The number of amides is 6. The number of hydrogen-bond donors (Lipinski definition) is 6. The fourth-order valence-electron chi connectivity index (χ4n) is 13.5. The molecule has 4 aromatic carbocycles. The number of H-pyrrole nitrogens is 2. The Bertz CT molecular complexity index is 2860. The number of carbonyl (C=O) groups excluding carboxylic acids is 4. The number of carbonyl (C=O) groups is 4. The minimum atomic E-state index is -0.699. The van der Waals surface area contributed by atoms with Gasteiger partial charge in [0.05, 0.1) is 34.2 Å². The smallest absolute Gasteiger partial charge is 0.312 e. The first kappa shape index (κ1) is 47.6. The van der Waals surface area contributed by atoms with Crippen molar-refractivity contribution in [2.45, 2.75) is 154 Å². The number of benzene rings is 4. The molecule has 72 heavy (non-hydrogen) atoms. The van der Waals surface area contributed by atoms with Crippen molar-refractivity contribution >= 4 is 45.9 Å². The lowest BCUT2D eigenvalue weighted by molar-refractivity contribution is -0.139. The van der Waals surface area contributed by atoms with Crippen LogP contribution in [0.1, 0.15) is 138 Å². The lowest BCUT2D eigenvalue weighted by Crippen LogP contribution is -2.54. The number of nitrogens with one attached hydrogen (secondary N) is 4. The number of likely N-dealkylation sites (tertiary alicyclic amines) is 2. The van der Waals surface area contributed by atoms with Gasteiger partial charge in [-0.25, -0.2) is 19.6 Å². The summed E-state index contributed by atoms with van der Waals surface area (Å²) in [5, 5.41) is 5.50. The molecule has 376 valence electrons. The van der Waals surface area contributed by atoms with Gasteiger partial charge in [-0.3, -0.25) is 9.59 Å². The monoisotopic (exact) mass is 971 g/mol. The number of aryl methyl sites for hydroxylation is 4. The van der Waals surface area contributed by atoms with E-state index < -0.39 is 24.1 Å². The summed E-state index contributed by atoms with van der Waals surface area (Å²) < 4.78 is 0. The Morgan fingerprint density at radius 1 is 0.556 bits per heavy atom. The number of nitrogens with zero attached hydrogens (tertiary/aromatic N) is 4. The van der Waals surface area contributed by atoms with Crippen LogP contribution in [0.3, 0.4) is 0 Å². The highest BCUT2D eigenvalue weighted by Gasteiger charge is 2.50. The maximum absolute atomic E-state index is 14.4. The fraction of sp³-hybridized carbons (Fsp3) is 0.483. The molecule has 14 nitrogen and oxygen atoms in total. The zero-order valence-corrected chi connectivity index (χ0v) is 42.2. The van der Waals surface area contributed by atoms with Crippen LogP contribution in [-0.2, 0) is 35.3 Å². The van der Waals surface area contributed by atoms with Gasteiger partial charge in [0.25, 0.3) is 0 Å². The van der Waals surface area contributed by atoms with E-state index in [9.17, 15) is 19.2 Å². The molecule has 4 bridgehead atoms. The van der Waals surface area contributed by atoms with Crippen LogP contribution in [0.15, 0.2) is 72.8 Å². The van der Waals surface area contributed by atoms with Crippen LogP contribution in [0.2, 0.25) is 0 Å². The molecule has 6 aliphatic carbocycles. The largest absolute Gasteiger partial charge is 0.352 e. The van der Waals surface area contributed by atoms with Gasteiger partial charge in [0.15, 0.2) is 0 Å². The summed E-state index contributed by atoms with van der Waals surface area (Å²) >= 11 is 0. The van der Waals surface area contributed by atoms with Crippen molar-refractivity contribution in [3.8, 4) is 22.3 Å². The Morgan fingerprint density at radius 2 is 0.972 bits per heavy atom. The first-order valence-electron chi connectivity index (χ1n) is 26.8. The molecular weight excluding hydrogens is 901 g/mol. The van der Waals surface area contributed by atoms with E-state index in [0.29, 0.717) is 11.8 Å². The standard InChI is InChI=1S/C58H70N10O4/c1-31(2)51(65-57(59)71)55(69)67-47-11-7-5-9-39(47)29-49(67)53-61-43-23-21-37(27-45(43)63-53)41-25-33-13-17-35(41)19-15-34-14-18-36(20-16-33)42(26-34)38-22-24-44-46(28-38)64-54(62-44)50-30-40-10-6-8-12-48(40)68(50)56(70)52(32(3)4)66-58(60)72/h13-14,17-18,21-28,31-32,39-40,47-52H,5-12,15-16,19-20,29-30H2,1-4H3,(H,61,63)(H,62,64)(H3,59,65,71)(H3,60,66,72). The van der Waals surface area contributed by atoms with Crippen molar-refractivity contribution in [1.82, 2.24) is 40.4 Å². The summed E-state index contributed by atoms with van der Waals surface area (Å²) in [7, 11) is 0. The third-order valence-corrected chi connectivity index (χ3v) is 17.1. The summed E-state index contributed by atoms with van der Waals surface area (Å²) in [6.45, 7) is 7.80. The highest BCUT2D eigenvalue weighted by atomic mass is 16.2. The van der Waals surface area contributed by atoms with Crippen molar-refractivity contribution in [2.24, 2.45) is 35.1 Å². The van der Waals surface area contributed by atoms with Gasteiger partial charge in [-0.1, -0.05) is 102 Å². The van der Waals surface area contributed by atoms with Crippen LogP contribution in [-0.4, -0.2) is 77.8 Å². The van der Waals surface area contributed by atoms with Crippen molar-refractivity contribution in [3.63, 3.8) is 0 Å². The van der Waals surface area contributed by atoms with Gasteiger partial charge in [0.1, 0.15) is 23.7 Å². The average Bonchev–Trinajstić information content (AvgIpc) is 4.17. The van der Waals surface area contributed by atoms with E-state index in [-0.39, 0.29) is 47.8 Å². The van der Waals surface area contributed by atoms with Crippen molar-refractivity contribution in [1.29, 1.82) is 0 Å². The summed E-state index contributed by atoms with van der Waals surface area (Å²) in [5.41, 5.74) is 24.7. The molecule has 4 fully saturated rings. The van der Waals surface area contributed by atoms with Gasteiger partial charge in [-0.15, -0.1) is 0 Å². The van der Waals surface area contributed by atoms with Gasteiger partial charge in [0, 0.05) is 12.1 Å². The third kappa shape index (κ3) is 8.99. The molecule has 8 N–H and O–H groups in total. The zero-order chi connectivity index (χ0) is 49.9. The Kier molecular flexibility index (Phi) is 12.8. The molecule has 2 aliphatic heterocycles. The summed E-state index contributed by atoms with van der Waals surface area (Å²) in [6, 6.07) is 24.0. The molecule has 2 aromatic heterocycles. The summed E-state index contributed by atoms with van der Waals surface area (Å²) in [6.07, 6.45) is 13.8. The van der Waals surface area contributed by atoms with E-state index in [0.717, 1.165) is 135 Å². The second-order valence-corrected chi connectivity index (χ2v) is 22.4. The van der Waals surface area contributed by atoms with Crippen LogP contribution >= 0.6 is 0 Å². The SMILES string of the molecule is CC(C)C(NC(N)=O)C(=O)N1C(c2nc3ccc(-c4cc5ccc4CCc4ccc(c(-c6ccc7nc(C8CC9CCCCC9N8C(=O)C(NC(N)=O)C(C)C)[nH]c7c6)c4)CC5)cc3[nH]2)CC2CCCCC21. The van der Waals surface area contributed by atoms with Gasteiger partial charge in [0.2, 0.25) is 11.8 Å². The van der Waals surface area contributed by atoms with Crippen LogP contribution in [0.5, 0.6) is 0 Å². The predicted octanol–water partition coefficient (Wildman–Crippen LogP) is 9.71. The second kappa shape index (κ2) is 19.4. The number of imidazole rings is 2. The van der Waals surface area contributed by atoms with Crippen LogP contribution < -0.4 is 22.1 Å². The third-order valence-electron chi connectivity index (χ3n) is 17.1. The molecule has 14 heteroatoms. The molecule has 0 spiro atoms. The zero-order valence-electron chi connectivity index (χ0n) is 42.2. The van der Waals surface area contributed by atoms with Crippen LogP contribution in [0.25, 0.3) is 44.3 Å². The molecule has 4 heterocycles. The first-order valence-corrected chi connectivity index (χ1v) is 26.8. The van der Waals surface area contributed by atoms with Crippen molar-refractivity contribution in [3.05, 3.63) is 107 Å². The molecule has 8 unspecified atom stereocenters. The van der Waals surface area contributed by atoms with E-state index in [2.05, 4.69) is 93.4 Å². The lowest BCUT2D eigenvalue weighted by atomic mass is 9.84. The van der Waals surface area contributed by atoms with Gasteiger partial charge >= 0.3 is 12.1 Å². The number of aromatic nitrogens is 4. The Balaban J connectivity index is 0.853. The number of urea groups is 2. The van der Waals surface area contributed by atoms with Crippen LogP contribution in [0, 0.1) is 23.7 Å². The minimum Gasteiger partial charge on any atom is -0.352 e. The Morgan fingerprint density at radius 3 is 1.38 bits per heavy atom. The Labute approximate surface area is 421 Å². The summed E-state index contributed by atoms with van der Waals surface area (Å²) in [4.78, 5) is 74.6. The molecule has 6 amide bonds. The van der Waals surface area contributed by atoms with E-state index in [1.807, 2.05) is 37.5 Å². The molecule has 0 radical (unpaired) electrons. The number of rotatable bonds is 10. The maximum Gasteiger partial charge on any atom is 0.312 e. The molecule has 8 atom stereocenters. The second-order valence-electron chi connectivity index (χ2n) is 22.4. The highest BCUT2D eigenvalue weighted by Crippen LogP contribution is 2.48. The molecule has 6 aromatic rings. The van der Waals surface area contributed by atoms with E-state index in [4.69, 9.17) is 21.4 Å². The minimum absolute atomic E-state index is 0.0781. The molecule has 2 saturated carbocycles.